The van der Waals surface area contributed by atoms with Crippen molar-refractivity contribution in [3.63, 3.8) is 0 Å². The molecular weight excluding hydrogens is 305 g/mol. The van der Waals surface area contributed by atoms with Gasteiger partial charge in [0.05, 0.1) is 15.0 Å². The number of nitrogens with zero attached hydrogens (tertiary/aromatic N) is 2. The minimum Gasteiger partial charge on any atom is -0.489 e. The molecule has 1 aliphatic heterocycles. The van der Waals surface area contributed by atoms with Crippen LogP contribution in [-0.4, -0.2) is 49.2 Å². The molecule has 0 aliphatic carbocycles. The number of non-ortho nitro benzene ring substituents is 1. The first kappa shape index (κ1) is 15.3. The van der Waals surface area contributed by atoms with Gasteiger partial charge in [0.2, 0.25) is 0 Å². The number of nitro groups is 1. The Morgan fingerprint density at radius 3 is 2.45 bits per heavy atom. The van der Waals surface area contributed by atoms with Crippen molar-refractivity contribution >= 4 is 28.9 Å². The number of halogens is 2. The third kappa shape index (κ3) is 3.96. The zero-order valence-corrected chi connectivity index (χ0v) is 12.3. The van der Waals surface area contributed by atoms with Gasteiger partial charge in [-0.25, -0.2) is 0 Å². The van der Waals surface area contributed by atoms with Gasteiger partial charge in [0.15, 0.2) is 5.75 Å². The average molecular weight is 320 g/mol. The lowest BCUT2D eigenvalue weighted by atomic mass is 10.3. The van der Waals surface area contributed by atoms with Crippen LogP contribution in [0.25, 0.3) is 0 Å². The highest BCUT2D eigenvalue weighted by molar-refractivity contribution is 6.37. The van der Waals surface area contributed by atoms with Gasteiger partial charge in [-0.05, 0) is 0 Å². The summed E-state index contributed by atoms with van der Waals surface area (Å²) in [5.74, 6) is 0.300. The number of ether oxygens (including phenoxy) is 1. The summed E-state index contributed by atoms with van der Waals surface area (Å²) in [6.07, 6.45) is 0. The van der Waals surface area contributed by atoms with Crippen LogP contribution in [0.3, 0.4) is 0 Å². The van der Waals surface area contributed by atoms with Crippen LogP contribution >= 0.6 is 23.2 Å². The van der Waals surface area contributed by atoms with Crippen molar-refractivity contribution in [2.24, 2.45) is 0 Å². The van der Waals surface area contributed by atoms with Crippen LogP contribution in [0, 0.1) is 10.1 Å². The fourth-order valence-corrected chi connectivity index (χ4v) is 2.59. The first-order valence-corrected chi connectivity index (χ1v) is 7.03. The predicted molar refractivity (Wildman–Crippen MR) is 77.9 cm³/mol. The SMILES string of the molecule is O=[N+]([O-])c1cc(Cl)c(OCCN2CCNCC2)c(Cl)c1. The second kappa shape index (κ2) is 7.08. The van der Waals surface area contributed by atoms with Crippen LogP contribution in [0.2, 0.25) is 10.0 Å². The molecular formula is C12H15Cl2N3O3. The zero-order valence-electron chi connectivity index (χ0n) is 10.8. The van der Waals surface area contributed by atoms with Gasteiger partial charge >= 0.3 is 0 Å². The molecule has 1 aromatic carbocycles. The van der Waals surface area contributed by atoms with Gasteiger partial charge in [-0.1, -0.05) is 23.2 Å². The summed E-state index contributed by atoms with van der Waals surface area (Å²) in [4.78, 5) is 12.4. The van der Waals surface area contributed by atoms with Gasteiger partial charge in [0.1, 0.15) is 6.61 Å². The van der Waals surface area contributed by atoms with Crippen LogP contribution in [0.4, 0.5) is 5.69 Å². The third-order valence-corrected chi connectivity index (χ3v) is 3.62. The minimum atomic E-state index is -0.539. The summed E-state index contributed by atoms with van der Waals surface area (Å²) < 4.78 is 5.56. The molecule has 20 heavy (non-hydrogen) atoms. The molecule has 0 bridgehead atoms. The van der Waals surface area contributed by atoms with Gasteiger partial charge in [-0.15, -0.1) is 0 Å². The molecule has 0 radical (unpaired) electrons. The predicted octanol–water partition coefficient (Wildman–Crippen LogP) is 2.19. The molecule has 1 saturated heterocycles. The lowest BCUT2D eigenvalue weighted by molar-refractivity contribution is -0.384. The fraction of sp³-hybridized carbons (Fsp3) is 0.500. The summed E-state index contributed by atoms with van der Waals surface area (Å²) in [6.45, 7) is 5.11. The molecule has 0 amide bonds. The number of hydrogen-bond acceptors (Lipinski definition) is 5. The molecule has 110 valence electrons. The summed E-state index contributed by atoms with van der Waals surface area (Å²) in [5.41, 5.74) is -0.144. The van der Waals surface area contributed by atoms with Crippen molar-refractivity contribution in [2.45, 2.75) is 0 Å². The summed E-state index contributed by atoms with van der Waals surface area (Å²) >= 11 is 11.9. The first-order chi connectivity index (χ1) is 9.58. The van der Waals surface area contributed by atoms with E-state index in [0.29, 0.717) is 12.4 Å². The van der Waals surface area contributed by atoms with Gasteiger partial charge in [-0.3, -0.25) is 15.0 Å². The smallest absolute Gasteiger partial charge is 0.272 e. The highest BCUT2D eigenvalue weighted by Gasteiger charge is 2.16. The molecule has 1 fully saturated rings. The number of rotatable bonds is 5. The highest BCUT2D eigenvalue weighted by Crippen LogP contribution is 2.36. The van der Waals surface area contributed by atoms with Gasteiger partial charge in [0.25, 0.3) is 5.69 Å². The van der Waals surface area contributed by atoms with Crippen LogP contribution < -0.4 is 10.1 Å². The second-order valence-corrected chi connectivity index (χ2v) is 5.25. The topological polar surface area (TPSA) is 67.6 Å². The van der Waals surface area contributed by atoms with E-state index >= 15 is 0 Å². The molecule has 0 unspecified atom stereocenters. The maximum Gasteiger partial charge on any atom is 0.272 e. The number of benzene rings is 1. The third-order valence-electron chi connectivity index (χ3n) is 3.06. The Kier molecular flexibility index (Phi) is 5.42. The Morgan fingerprint density at radius 2 is 1.90 bits per heavy atom. The van der Waals surface area contributed by atoms with Gasteiger partial charge < -0.3 is 10.1 Å². The van der Waals surface area contributed by atoms with E-state index in [1.165, 1.54) is 12.1 Å². The zero-order chi connectivity index (χ0) is 14.5. The molecule has 0 spiro atoms. The molecule has 1 N–H and O–H groups in total. The Morgan fingerprint density at radius 1 is 1.30 bits per heavy atom. The van der Waals surface area contributed by atoms with E-state index in [4.69, 9.17) is 27.9 Å². The maximum atomic E-state index is 10.7. The highest BCUT2D eigenvalue weighted by atomic mass is 35.5. The Bertz CT molecular complexity index is 470. The van der Waals surface area contributed by atoms with E-state index in [-0.39, 0.29) is 15.7 Å². The summed E-state index contributed by atoms with van der Waals surface area (Å²) in [5, 5.41) is 14.3. The lowest BCUT2D eigenvalue weighted by Gasteiger charge is -2.27. The Labute approximate surface area is 126 Å². The van der Waals surface area contributed by atoms with E-state index in [0.717, 1.165) is 32.7 Å². The standard InChI is InChI=1S/C12H15Cl2N3O3/c13-10-7-9(17(18)19)8-11(14)12(10)20-6-5-16-3-1-15-2-4-16/h7-8,15H,1-6H2. The number of hydrogen-bond donors (Lipinski definition) is 1. The number of nitrogens with one attached hydrogen (secondary N) is 1. The Hall–Kier alpha value is -1.08. The largest absolute Gasteiger partial charge is 0.489 e. The van der Waals surface area contributed by atoms with E-state index < -0.39 is 4.92 Å². The van der Waals surface area contributed by atoms with E-state index in [9.17, 15) is 10.1 Å². The van der Waals surface area contributed by atoms with Crippen LogP contribution in [0.1, 0.15) is 0 Å². The van der Waals surface area contributed by atoms with Gasteiger partial charge in [-0.2, -0.15) is 0 Å². The van der Waals surface area contributed by atoms with Crippen LogP contribution in [0.5, 0.6) is 5.75 Å². The quantitative estimate of drug-likeness (QED) is 0.665. The molecule has 8 heteroatoms. The lowest BCUT2D eigenvalue weighted by Crippen LogP contribution is -2.44. The minimum absolute atomic E-state index is 0.144. The molecule has 1 aromatic rings. The van der Waals surface area contributed by atoms with E-state index in [1.54, 1.807) is 0 Å². The van der Waals surface area contributed by atoms with Crippen LogP contribution in [-0.2, 0) is 0 Å². The molecule has 2 rings (SSSR count). The maximum absolute atomic E-state index is 10.7. The second-order valence-electron chi connectivity index (χ2n) is 4.44. The van der Waals surface area contributed by atoms with Gasteiger partial charge in [0, 0.05) is 44.9 Å². The van der Waals surface area contributed by atoms with Crippen molar-refractivity contribution in [1.82, 2.24) is 10.2 Å². The molecule has 1 heterocycles. The van der Waals surface area contributed by atoms with E-state index in [1.807, 2.05) is 0 Å². The molecule has 0 aromatic heterocycles. The summed E-state index contributed by atoms with van der Waals surface area (Å²) in [7, 11) is 0. The first-order valence-electron chi connectivity index (χ1n) is 6.27. The van der Waals surface area contributed by atoms with Crippen LogP contribution in [0.15, 0.2) is 12.1 Å². The monoisotopic (exact) mass is 319 g/mol. The molecule has 6 nitrogen and oxygen atoms in total. The average Bonchev–Trinajstić information content (AvgIpc) is 2.42. The summed E-state index contributed by atoms with van der Waals surface area (Å²) in [6, 6.07) is 2.49. The van der Waals surface area contributed by atoms with Crippen molar-refractivity contribution in [3.05, 3.63) is 32.3 Å². The molecule has 0 saturated carbocycles. The van der Waals surface area contributed by atoms with E-state index in [2.05, 4.69) is 10.2 Å². The number of nitro benzene ring substituents is 1. The van der Waals surface area contributed by atoms with Crippen molar-refractivity contribution in [3.8, 4) is 5.75 Å². The van der Waals surface area contributed by atoms with Crippen molar-refractivity contribution in [2.75, 3.05) is 39.3 Å². The van der Waals surface area contributed by atoms with Crippen molar-refractivity contribution in [1.29, 1.82) is 0 Å². The normalized spacial score (nSPS) is 16.1. The molecule has 0 atom stereocenters. The Balaban J connectivity index is 1.93. The van der Waals surface area contributed by atoms with Crippen molar-refractivity contribution < 1.29 is 9.66 Å². The molecule has 1 aliphatic rings. The number of piperazine rings is 1. The fourth-order valence-electron chi connectivity index (χ4n) is 2.00.